The molecular formula is C16H15N3O2S. The van der Waals surface area contributed by atoms with E-state index in [1.807, 2.05) is 36.6 Å². The Kier molecular flexibility index (Phi) is 4.02. The van der Waals surface area contributed by atoms with E-state index in [0.29, 0.717) is 11.9 Å². The lowest BCUT2D eigenvalue weighted by Crippen LogP contribution is -2.23. The maximum absolute atomic E-state index is 12.2. The van der Waals surface area contributed by atoms with Crippen LogP contribution in [0.25, 0.3) is 10.2 Å². The van der Waals surface area contributed by atoms with E-state index in [4.69, 9.17) is 0 Å². The molecule has 0 spiro atoms. The molecule has 0 fully saturated rings. The molecule has 1 N–H and O–H groups in total. The van der Waals surface area contributed by atoms with Crippen molar-refractivity contribution in [3.63, 3.8) is 0 Å². The maximum atomic E-state index is 12.2. The van der Waals surface area contributed by atoms with Gasteiger partial charge in [-0.05, 0) is 30.0 Å². The Labute approximate surface area is 131 Å². The third kappa shape index (κ3) is 2.92. The number of carbonyl (C=O) groups is 1. The molecule has 0 radical (unpaired) electrons. The first-order chi connectivity index (χ1) is 10.6. The number of anilines is 1. The monoisotopic (exact) mass is 313 g/mol. The van der Waals surface area contributed by atoms with Crippen molar-refractivity contribution >= 4 is 33.1 Å². The molecule has 3 aromatic rings. The van der Waals surface area contributed by atoms with Crippen molar-refractivity contribution in [2.24, 2.45) is 0 Å². The number of nitrogens with zero attached hydrogens (tertiary/aromatic N) is 2. The van der Waals surface area contributed by atoms with Crippen LogP contribution in [0.15, 0.2) is 46.8 Å². The van der Waals surface area contributed by atoms with Crippen molar-refractivity contribution in [2.45, 2.75) is 19.9 Å². The molecule has 112 valence electrons. The van der Waals surface area contributed by atoms with Crippen molar-refractivity contribution in [1.29, 1.82) is 0 Å². The molecule has 0 aliphatic heterocycles. The second-order valence-electron chi connectivity index (χ2n) is 5.00. The van der Waals surface area contributed by atoms with E-state index < -0.39 is 0 Å². The number of carbonyl (C=O) groups excluding carboxylic acids is 1. The van der Waals surface area contributed by atoms with E-state index in [0.717, 1.165) is 16.1 Å². The molecule has 22 heavy (non-hydrogen) atoms. The van der Waals surface area contributed by atoms with Gasteiger partial charge < -0.3 is 5.32 Å². The smallest absolute Gasteiger partial charge is 0.262 e. The summed E-state index contributed by atoms with van der Waals surface area (Å²) in [6, 6.07) is 9.36. The highest BCUT2D eigenvalue weighted by Gasteiger charge is 2.08. The number of thiophene rings is 1. The Balaban J connectivity index is 1.69. The van der Waals surface area contributed by atoms with Gasteiger partial charge >= 0.3 is 0 Å². The average molecular weight is 313 g/mol. The molecule has 1 aromatic carbocycles. The predicted molar refractivity (Wildman–Crippen MR) is 88.3 cm³/mol. The van der Waals surface area contributed by atoms with E-state index >= 15 is 0 Å². The molecule has 2 heterocycles. The van der Waals surface area contributed by atoms with Crippen LogP contribution in [0.4, 0.5) is 5.69 Å². The molecule has 0 aliphatic carbocycles. The van der Waals surface area contributed by atoms with Crippen LogP contribution in [0.2, 0.25) is 0 Å². The van der Waals surface area contributed by atoms with Gasteiger partial charge in [-0.15, -0.1) is 11.3 Å². The number of nitrogens with one attached hydrogen (secondary N) is 1. The molecular weight excluding hydrogens is 298 g/mol. The van der Waals surface area contributed by atoms with E-state index in [2.05, 4.69) is 10.3 Å². The summed E-state index contributed by atoms with van der Waals surface area (Å²) in [5, 5.41) is 5.30. The quantitative estimate of drug-likeness (QED) is 0.805. The Morgan fingerprint density at radius 3 is 2.95 bits per heavy atom. The summed E-state index contributed by atoms with van der Waals surface area (Å²) in [6.45, 7) is 2.25. The van der Waals surface area contributed by atoms with Crippen molar-refractivity contribution in [1.82, 2.24) is 9.55 Å². The third-order valence-corrected chi connectivity index (χ3v) is 4.27. The fourth-order valence-corrected chi connectivity index (χ4v) is 2.92. The van der Waals surface area contributed by atoms with E-state index in [9.17, 15) is 9.59 Å². The first kappa shape index (κ1) is 14.5. The Morgan fingerprint density at radius 2 is 2.14 bits per heavy atom. The molecule has 6 heteroatoms. The minimum Gasteiger partial charge on any atom is -0.326 e. The number of aryl methyl sites for hydroxylation is 2. The summed E-state index contributed by atoms with van der Waals surface area (Å²) in [6.07, 6.45) is 1.73. The van der Waals surface area contributed by atoms with Gasteiger partial charge in [-0.3, -0.25) is 14.2 Å². The molecule has 0 aliphatic rings. The topological polar surface area (TPSA) is 64.0 Å². The van der Waals surface area contributed by atoms with Crippen molar-refractivity contribution in [3.8, 4) is 0 Å². The van der Waals surface area contributed by atoms with Crippen LogP contribution in [0, 0.1) is 6.92 Å². The number of rotatable bonds is 4. The lowest BCUT2D eigenvalue weighted by atomic mass is 10.2. The SMILES string of the molecule is Cc1ccccc1NC(=O)CCn1cnc2sccc2c1=O. The number of aromatic nitrogens is 2. The van der Waals surface area contributed by atoms with Crippen LogP contribution in [-0.4, -0.2) is 15.5 Å². The number of hydrogen-bond donors (Lipinski definition) is 1. The molecule has 0 unspecified atom stereocenters. The standard InChI is InChI=1S/C16H15N3O2S/c1-11-4-2-3-5-13(11)18-14(20)6-8-19-10-17-15-12(16(19)21)7-9-22-15/h2-5,7,9-10H,6,8H2,1H3,(H,18,20). The highest BCUT2D eigenvalue weighted by Crippen LogP contribution is 2.14. The van der Waals surface area contributed by atoms with Crippen LogP contribution >= 0.6 is 11.3 Å². The van der Waals surface area contributed by atoms with Gasteiger partial charge in [-0.2, -0.15) is 0 Å². The Hall–Kier alpha value is -2.47. The van der Waals surface area contributed by atoms with E-state index in [-0.39, 0.29) is 17.9 Å². The normalized spacial score (nSPS) is 10.8. The van der Waals surface area contributed by atoms with Gasteiger partial charge in [0.25, 0.3) is 5.56 Å². The molecule has 0 saturated carbocycles. The number of benzene rings is 1. The molecule has 0 saturated heterocycles. The summed E-state index contributed by atoms with van der Waals surface area (Å²) in [5.41, 5.74) is 1.70. The molecule has 0 bridgehead atoms. The number of amides is 1. The van der Waals surface area contributed by atoms with Gasteiger partial charge in [0.05, 0.1) is 11.7 Å². The summed E-state index contributed by atoms with van der Waals surface area (Å²) >= 11 is 1.43. The zero-order valence-electron chi connectivity index (χ0n) is 12.1. The summed E-state index contributed by atoms with van der Waals surface area (Å²) in [4.78, 5) is 29.2. The molecule has 5 nitrogen and oxygen atoms in total. The Morgan fingerprint density at radius 1 is 1.32 bits per heavy atom. The van der Waals surface area contributed by atoms with Crippen LogP contribution in [0.5, 0.6) is 0 Å². The predicted octanol–water partition coefficient (Wildman–Crippen LogP) is 2.80. The number of para-hydroxylation sites is 1. The van der Waals surface area contributed by atoms with Gasteiger partial charge in [-0.25, -0.2) is 4.98 Å². The van der Waals surface area contributed by atoms with Gasteiger partial charge in [-0.1, -0.05) is 18.2 Å². The molecule has 0 atom stereocenters. The lowest BCUT2D eigenvalue weighted by Gasteiger charge is -2.09. The van der Waals surface area contributed by atoms with Gasteiger partial charge in [0, 0.05) is 18.7 Å². The lowest BCUT2D eigenvalue weighted by molar-refractivity contribution is -0.116. The zero-order valence-corrected chi connectivity index (χ0v) is 12.9. The van der Waals surface area contributed by atoms with E-state index in [1.54, 1.807) is 6.07 Å². The van der Waals surface area contributed by atoms with Gasteiger partial charge in [0.1, 0.15) is 4.83 Å². The maximum Gasteiger partial charge on any atom is 0.262 e. The van der Waals surface area contributed by atoms with Crippen LogP contribution < -0.4 is 10.9 Å². The van der Waals surface area contributed by atoms with Crippen LogP contribution in [0.1, 0.15) is 12.0 Å². The van der Waals surface area contributed by atoms with Gasteiger partial charge in [0.15, 0.2) is 0 Å². The third-order valence-electron chi connectivity index (χ3n) is 3.45. The fourth-order valence-electron chi connectivity index (χ4n) is 2.20. The zero-order chi connectivity index (χ0) is 15.5. The second-order valence-corrected chi connectivity index (χ2v) is 5.89. The molecule has 2 aromatic heterocycles. The van der Waals surface area contributed by atoms with Crippen LogP contribution in [-0.2, 0) is 11.3 Å². The van der Waals surface area contributed by atoms with Gasteiger partial charge in [0.2, 0.25) is 5.91 Å². The Bertz CT molecular complexity index is 882. The van der Waals surface area contributed by atoms with Crippen molar-refractivity contribution < 1.29 is 4.79 Å². The minimum atomic E-state index is -0.119. The van der Waals surface area contributed by atoms with Crippen molar-refractivity contribution in [2.75, 3.05) is 5.32 Å². The molecule has 1 amide bonds. The molecule has 3 rings (SSSR count). The highest BCUT2D eigenvalue weighted by molar-refractivity contribution is 7.16. The number of hydrogen-bond acceptors (Lipinski definition) is 4. The van der Waals surface area contributed by atoms with Crippen molar-refractivity contribution in [3.05, 3.63) is 58.0 Å². The number of fused-ring (bicyclic) bond motifs is 1. The summed E-state index contributed by atoms with van der Waals surface area (Å²) in [7, 11) is 0. The first-order valence-corrected chi connectivity index (χ1v) is 7.81. The summed E-state index contributed by atoms with van der Waals surface area (Å²) in [5.74, 6) is -0.119. The largest absolute Gasteiger partial charge is 0.326 e. The first-order valence-electron chi connectivity index (χ1n) is 6.93. The highest BCUT2D eigenvalue weighted by atomic mass is 32.1. The van der Waals surface area contributed by atoms with Crippen LogP contribution in [0.3, 0.4) is 0 Å². The minimum absolute atomic E-state index is 0.102. The summed E-state index contributed by atoms with van der Waals surface area (Å²) < 4.78 is 1.48. The second kappa shape index (κ2) is 6.11. The van der Waals surface area contributed by atoms with E-state index in [1.165, 1.54) is 22.2 Å². The average Bonchev–Trinajstić information content (AvgIpc) is 2.98. The fraction of sp³-hybridized carbons (Fsp3) is 0.188.